The first-order valence-electron chi connectivity index (χ1n) is 8.10. The lowest BCUT2D eigenvalue weighted by atomic mass is 10.0. The van der Waals surface area contributed by atoms with Crippen LogP contribution >= 0.6 is 11.6 Å². The third kappa shape index (κ3) is 3.72. The summed E-state index contributed by atoms with van der Waals surface area (Å²) < 4.78 is 26.3. The summed E-state index contributed by atoms with van der Waals surface area (Å²) in [5.41, 5.74) is 0.561. The van der Waals surface area contributed by atoms with Crippen LogP contribution in [0, 0.1) is 0 Å². The van der Waals surface area contributed by atoms with Crippen molar-refractivity contribution in [3.8, 4) is 22.6 Å². The lowest BCUT2D eigenvalue weighted by molar-refractivity contribution is -0.153. The second-order valence-corrected chi connectivity index (χ2v) is 5.94. The number of nitrogens with zero attached hydrogens (tertiary/aromatic N) is 5. The van der Waals surface area contributed by atoms with Crippen LogP contribution in [0.25, 0.3) is 16.8 Å². The Morgan fingerprint density at radius 3 is 2.75 bits per heavy atom. The van der Waals surface area contributed by atoms with Crippen LogP contribution in [0.4, 0.5) is 4.39 Å². The number of aromatic nitrogens is 5. The van der Waals surface area contributed by atoms with E-state index in [9.17, 15) is 14.0 Å². The Balaban J connectivity index is 2.17. The molecule has 3 aromatic rings. The molecule has 9 nitrogen and oxygen atoms in total. The monoisotopic (exact) mass is 407 g/mol. The molecule has 0 N–H and O–H groups in total. The number of carbonyl (C=O) groups excluding carboxylic acids is 1. The molecule has 1 atom stereocenters. The van der Waals surface area contributed by atoms with Gasteiger partial charge in [-0.15, -0.1) is 5.10 Å². The van der Waals surface area contributed by atoms with Gasteiger partial charge in [-0.1, -0.05) is 11.6 Å². The smallest absolute Gasteiger partial charge is 0.362 e. The van der Waals surface area contributed by atoms with Crippen molar-refractivity contribution >= 4 is 17.6 Å². The first-order chi connectivity index (χ1) is 13.5. The second-order valence-electron chi connectivity index (χ2n) is 5.50. The number of halogens is 2. The summed E-state index contributed by atoms with van der Waals surface area (Å²) in [6.45, 7) is 1.53. The average Bonchev–Trinajstić information content (AvgIpc) is 3.22. The van der Waals surface area contributed by atoms with Gasteiger partial charge in [0.15, 0.2) is 0 Å². The van der Waals surface area contributed by atoms with E-state index in [1.165, 1.54) is 25.0 Å². The SMILES string of the molecule is CCOC(=O)C(F)n1cc(OC)c(-c2cc(Cl)ccc2-n2cnnn2)cc1=O. The van der Waals surface area contributed by atoms with Crippen LogP contribution in [0.15, 0.2) is 41.6 Å². The molecule has 146 valence electrons. The van der Waals surface area contributed by atoms with Crippen molar-refractivity contribution in [2.24, 2.45) is 0 Å². The highest BCUT2D eigenvalue weighted by Gasteiger charge is 2.24. The predicted octanol–water partition coefficient (Wildman–Crippen LogP) is 2.18. The van der Waals surface area contributed by atoms with E-state index < -0.39 is 17.8 Å². The number of alkyl halides is 1. The molecule has 1 unspecified atom stereocenters. The normalized spacial score (nSPS) is 11.9. The number of benzene rings is 1. The number of pyridine rings is 1. The van der Waals surface area contributed by atoms with Gasteiger partial charge in [-0.25, -0.2) is 9.18 Å². The van der Waals surface area contributed by atoms with E-state index in [0.717, 1.165) is 12.3 Å². The lowest BCUT2D eigenvalue weighted by Gasteiger charge is -2.16. The molecule has 2 heterocycles. The second kappa shape index (κ2) is 8.17. The Labute approximate surface area is 163 Å². The van der Waals surface area contributed by atoms with Crippen LogP contribution in [0.1, 0.15) is 13.2 Å². The Morgan fingerprint density at radius 2 is 2.11 bits per heavy atom. The van der Waals surface area contributed by atoms with E-state index in [1.807, 2.05) is 0 Å². The minimum atomic E-state index is -2.30. The van der Waals surface area contributed by atoms with Gasteiger partial charge in [0.1, 0.15) is 12.1 Å². The highest BCUT2D eigenvalue weighted by Crippen LogP contribution is 2.35. The molecule has 0 aliphatic rings. The highest BCUT2D eigenvalue weighted by atomic mass is 35.5. The Hall–Kier alpha value is -3.27. The van der Waals surface area contributed by atoms with E-state index in [0.29, 0.717) is 26.4 Å². The molecule has 0 spiro atoms. The zero-order chi connectivity index (χ0) is 20.3. The average molecular weight is 408 g/mol. The molecule has 0 amide bonds. The van der Waals surface area contributed by atoms with Gasteiger partial charge < -0.3 is 9.47 Å². The van der Waals surface area contributed by atoms with Gasteiger partial charge in [0.2, 0.25) is 0 Å². The number of tetrazole rings is 1. The van der Waals surface area contributed by atoms with Gasteiger partial charge in [0.05, 0.1) is 25.6 Å². The molecule has 28 heavy (non-hydrogen) atoms. The first kappa shape index (κ1) is 19.5. The van der Waals surface area contributed by atoms with E-state index in [-0.39, 0.29) is 12.4 Å². The number of ether oxygens (including phenoxy) is 2. The van der Waals surface area contributed by atoms with Crippen LogP contribution in [-0.2, 0) is 9.53 Å². The third-order valence-corrected chi connectivity index (χ3v) is 4.07. The maximum atomic E-state index is 14.4. The van der Waals surface area contributed by atoms with Gasteiger partial charge in [0, 0.05) is 22.2 Å². The summed E-state index contributed by atoms with van der Waals surface area (Å²) in [5, 5.41) is 11.4. The molecule has 2 aromatic heterocycles. The van der Waals surface area contributed by atoms with E-state index in [1.54, 1.807) is 18.2 Å². The highest BCUT2D eigenvalue weighted by molar-refractivity contribution is 6.31. The van der Waals surface area contributed by atoms with Crippen molar-refractivity contribution < 1.29 is 18.7 Å². The molecule has 11 heteroatoms. The molecule has 3 rings (SSSR count). The molecule has 0 aliphatic heterocycles. The van der Waals surface area contributed by atoms with Crippen molar-refractivity contribution in [1.29, 1.82) is 0 Å². The quantitative estimate of drug-likeness (QED) is 0.577. The van der Waals surface area contributed by atoms with Crippen LogP contribution < -0.4 is 10.3 Å². The molecule has 0 aliphatic carbocycles. The van der Waals surface area contributed by atoms with Crippen LogP contribution in [0.3, 0.4) is 0 Å². The van der Waals surface area contributed by atoms with Gasteiger partial charge in [-0.2, -0.15) is 4.68 Å². The van der Waals surface area contributed by atoms with Crippen molar-refractivity contribution in [3.63, 3.8) is 0 Å². The van der Waals surface area contributed by atoms with Gasteiger partial charge in [0.25, 0.3) is 11.9 Å². The molecule has 0 radical (unpaired) electrons. The molecule has 1 aromatic carbocycles. The molecule has 0 saturated carbocycles. The number of esters is 1. The van der Waals surface area contributed by atoms with Crippen molar-refractivity contribution in [3.05, 3.63) is 52.2 Å². The van der Waals surface area contributed by atoms with E-state index in [2.05, 4.69) is 20.3 Å². The number of hydrogen-bond donors (Lipinski definition) is 0. The first-order valence-corrected chi connectivity index (χ1v) is 8.48. The molecule has 0 bridgehead atoms. The van der Waals surface area contributed by atoms with Crippen molar-refractivity contribution in [1.82, 2.24) is 24.8 Å². The maximum Gasteiger partial charge on any atom is 0.362 e. The molecule has 0 saturated heterocycles. The Morgan fingerprint density at radius 1 is 1.32 bits per heavy atom. The van der Waals surface area contributed by atoms with Crippen molar-refractivity contribution in [2.75, 3.05) is 13.7 Å². The Kier molecular flexibility index (Phi) is 5.69. The largest absolute Gasteiger partial charge is 0.495 e. The lowest BCUT2D eigenvalue weighted by Crippen LogP contribution is -2.28. The summed E-state index contributed by atoms with van der Waals surface area (Å²) in [6.07, 6.45) is 0.177. The minimum absolute atomic E-state index is 0.0129. The van der Waals surface area contributed by atoms with Crippen molar-refractivity contribution in [2.45, 2.75) is 13.2 Å². The fraction of sp³-hybridized carbons (Fsp3) is 0.235. The number of methoxy groups -OCH3 is 1. The number of hydrogen-bond acceptors (Lipinski definition) is 7. The molecular weight excluding hydrogens is 393 g/mol. The van der Waals surface area contributed by atoms with E-state index in [4.69, 9.17) is 16.3 Å². The zero-order valence-electron chi connectivity index (χ0n) is 14.9. The summed E-state index contributed by atoms with van der Waals surface area (Å²) in [7, 11) is 1.35. The van der Waals surface area contributed by atoms with Gasteiger partial charge in [-0.3, -0.25) is 9.36 Å². The summed E-state index contributed by atoms with van der Waals surface area (Å²) in [6, 6.07) is 6.03. The molecular formula is C17H15ClFN5O4. The van der Waals surface area contributed by atoms with Crippen LogP contribution in [0.2, 0.25) is 5.02 Å². The predicted molar refractivity (Wildman–Crippen MR) is 97.2 cm³/mol. The fourth-order valence-electron chi connectivity index (χ4n) is 2.60. The molecule has 0 fully saturated rings. The van der Waals surface area contributed by atoms with Gasteiger partial charge in [-0.05, 0) is 35.5 Å². The fourth-order valence-corrected chi connectivity index (χ4v) is 2.77. The Bertz CT molecular complexity index is 1050. The number of rotatable bonds is 6. The zero-order valence-corrected chi connectivity index (χ0v) is 15.6. The summed E-state index contributed by atoms with van der Waals surface area (Å²) in [4.78, 5) is 24.2. The standard InChI is InChI=1S/C17H15ClFN5O4/c1-3-28-17(26)16(19)23-8-14(27-2)12(7-15(23)25)11-6-10(18)4-5-13(11)24-9-20-21-22-24/h4-9,16H,3H2,1-2H3. The topological polar surface area (TPSA) is 101 Å². The maximum absolute atomic E-state index is 14.4. The van der Waals surface area contributed by atoms with Gasteiger partial charge >= 0.3 is 5.97 Å². The number of carbonyl (C=O) groups is 1. The van der Waals surface area contributed by atoms with Crippen LogP contribution in [-0.4, -0.2) is 44.5 Å². The van der Waals surface area contributed by atoms with Crippen LogP contribution in [0.5, 0.6) is 5.75 Å². The summed E-state index contributed by atoms with van der Waals surface area (Å²) in [5.74, 6) is -1.03. The van der Waals surface area contributed by atoms with E-state index >= 15 is 0 Å². The minimum Gasteiger partial charge on any atom is -0.495 e. The summed E-state index contributed by atoms with van der Waals surface area (Å²) >= 11 is 6.12. The third-order valence-electron chi connectivity index (χ3n) is 3.83.